The zero-order valence-electron chi connectivity index (χ0n) is 13.2. The fraction of sp³-hybridized carbons (Fsp3) is 0.333. The summed E-state index contributed by atoms with van der Waals surface area (Å²) in [7, 11) is 0. The summed E-state index contributed by atoms with van der Waals surface area (Å²) in [5.74, 6) is 0.0609. The number of carbonyl (C=O) groups is 1. The molecule has 1 aliphatic heterocycles. The largest absolute Gasteiger partial charge is 0.336 e. The third-order valence-corrected chi connectivity index (χ3v) is 4.82. The van der Waals surface area contributed by atoms with Crippen molar-refractivity contribution in [2.24, 2.45) is 0 Å². The molecule has 0 radical (unpaired) electrons. The minimum atomic E-state index is 0.0609. The Balaban J connectivity index is 1.61. The fourth-order valence-corrected chi connectivity index (χ4v) is 3.33. The first-order valence-corrected chi connectivity index (χ1v) is 8.63. The van der Waals surface area contributed by atoms with Crippen LogP contribution < -0.4 is 0 Å². The molecule has 3 rings (SSSR count). The van der Waals surface area contributed by atoms with E-state index in [1.54, 1.807) is 12.4 Å². The Labute approximate surface area is 145 Å². The fourth-order valence-electron chi connectivity index (χ4n) is 2.97. The van der Waals surface area contributed by atoms with Crippen LogP contribution in [-0.2, 0) is 0 Å². The van der Waals surface area contributed by atoms with E-state index in [4.69, 9.17) is 0 Å². The second-order valence-electron chi connectivity index (χ2n) is 5.81. The van der Waals surface area contributed by atoms with Crippen LogP contribution >= 0.6 is 15.9 Å². The van der Waals surface area contributed by atoms with E-state index in [2.05, 4.69) is 57.0 Å². The molecule has 2 heterocycles. The highest BCUT2D eigenvalue weighted by atomic mass is 79.9. The molecule has 1 aliphatic rings. The number of halogens is 1. The lowest BCUT2D eigenvalue weighted by Gasteiger charge is -2.38. The van der Waals surface area contributed by atoms with Gasteiger partial charge in [0.2, 0.25) is 0 Å². The van der Waals surface area contributed by atoms with Gasteiger partial charge in [-0.2, -0.15) is 0 Å². The quantitative estimate of drug-likeness (QED) is 0.827. The second-order valence-corrected chi connectivity index (χ2v) is 6.72. The summed E-state index contributed by atoms with van der Waals surface area (Å²) < 4.78 is 0.833. The van der Waals surface area contributed by atoms with E-state index in [0.29, 0.717) is 11.6 Å². The molecule has 1 fully saturated rings. The van der Waals surface area contributed by atoms with Crippen molar-refractivity contribution in [1.82, 2.24) is 14.8 Å². The van der Waals surface area contributed by atoms with Crippen molar-refractivity contribution in [2.75, 3.05) is 26.2 Å². The van der Waals surface area contributed by atoms with Gasteiger partial charge in [-0.05, 0) is 34.5 Å². The minimum absolute atomic E-state index is 0.0609. The molecule has 1 atom stereocenters. The zero-order valence-corrected chi connectivity index (χ0v) is 14.7. The van der Waals surface area contributed by atoms with Crippen molar-refractivity contribution in [3.63, 3.8) is 0 Å². The third-order valence-electron chi connectivity index (χ3n) is 4.38. The number of amides is 1. The number of aromatic nitrogens is 1. The number of piperazine rings is 1. The van der Waals surface area contributed by atoms with Gasteiger partial charge >= 0.3 is 0 Å². The number of benzene rings is 1. The van der Waals surface area contributed by atoms with Crippen LogP contribution in [-0.4, -0.2) is 46.9 Å². The molecule has 1 amide bonds. The van der Waals surface area contributed by atoms with Crippen molar-refractivity contribution in [2.45, 2.75) is 13.0 Å². The number of hydrogen-bond donors (Lipinski definition) is 0. The first-order valence-electron chi connectivity index (χ1n) is 7.84. The van der Waals surface area contributed by atoms with E-state index in [1.807, 2.05) is 17.0 Å². The smallest absolute Gasteiger partial charge is 0.255 e. The van der Waals surface area contributed by atoms with Crippen molar-refractivity contribution in [1.29, 1.82) is 0 Å². The SMILES string of the molecule is CC(c1ccccc1)N1CCN(C(=O)c2cncc(Br)c2)CC1. The van der Waals surface area contributed by atoms with Crippen molar-refractivity contribution < 1.29 is 4.79 Å². The summed E-state index contributed by atoms with van der Waals surface area (Å²) in [6.07, 6.45) is 3.32. The van der Waals surface area contributed by atoms with Crippen LogP contribution in [0.3, 0.4) is 0 Å². The summed E-state index contributed by atoms with van der Waals surface area (Å²) in [4.78, 5) is 21.0. The molecule has 1 unspecified atom stereocenters. The van der Waals surface area contributed by atoms with E-state index >= 15 is 0 Å². The van der Waals surface area contributed by atoms with Gasteiger partial charge in [0.05, 0.1) is 5.56 Å². The molecule has 120 valence electrons. The van der Waals surface area contributed by atoms with Gasteiger partial charge in [-0.3, -0.25) is 14.7 Å². The van der Waals surface area contributed by atoms with Gasteiger partial charge in [0.25, 0.3) is 5.91 Å². The van der Waals surface area contributed by atoms with E-state index in [-0.39, 0.29) is 5.91 Å². The van der Waals surface area contributed by atoms with Crippen LogP contribution in [0.4, 0.5) is 0 Å². The Bertz CT molecular complexity index is 669. The number of nitrogens with zero attached hydrogens (tertiary/aromatic N) is 3. The van der Waals surface area contributed by atoms with Gasteiger partial charge in [-0.15, -0.1) is 0 Å². The molecular formula is C18H20BrN3O. The van der Waals surface area contributed by atoms with Crippen molar-refractivity contribution in [3.05, 3.63) is 64.4 Å². The molecule has 2 aromatic rings. The van der Waals surface area contributed by atoms with Crippen LogP contribution in [0.2, 0.25) is 0 Å². The van der Waals surface area contributed by atoms with Crippen LogP contribution in [0, 0.1) is 0 Å². The summed E-state index contributed by atoms with van der Waals surface area (Å²) in [5.41, 5.74) is 1.97. The number of carbonyl (C=O) groups excluding carboxylic acids is 1. The maximum atomic E-state index is 12.5. The first-order chi connectivity index (χ1) is 11.1. The monoisotopic (exact) mass is 373 g/mol. The Morgan fingerprint density at radius 2 is 1.83 bits per heavy atom. The average molecular weight is 374 g/mol. The van der Waals surface area contributed by atoms with Crippen LogP contribution in [0.15, 0.2) is 53.3 Å². The maximum Gasteiger partial charge on any atom is 0.255 e. The molecule has 1 aromatic carbocycles. The standard InChI is InChI=1S/C18H20BrN3O/c1-14(15-5-3-2-4-6-15)21-7-9-22(10-8-21)18(23)16-11-17(19)13-20-12-16/h2-6,11-14H,7-10H2,1H3. The highest BCUT2D eigenvalue weighted by Crippen LogP contribution is 2.22. The van der Waals surface area contributed by atoms with Gasteiger partial charge < -0.3 is 4.90 Å². The summed E-state index contributed by atoms with van der Waals surface area (Å²) >= 11 is 3.37. The Morgan fingerprint density at radius 1 is 1.13 bits per heavy atom. The minimum Gasteiger partial charge on any atom is -0.336 e. The van der Waals surface area contributed by atoms with E-state index < -0.39 is 0 Å². The van der Waals surface area contributed by atoms with Gasteiger partial charge in [0, 0.05) is 49.1 Å². The first kappa shape index (κ1) is 16.1. The van der Waals surface area contributed by atoms with E-state index in [0.717, 1.165) is 30.7 Å². The lowest BCUT2D eigenvalue weighted by Crippen LogP contribution is -2.49. The Morgan fingerprint density at radius 3 is 2.48 bits per heavy atom. The lowest BCUT2D eigenvalue weighted by atomic mass is 10.1. The molecule has 5 heteroatoms. The second kappa shape index (κ2) is 7.23. The van der Waals surface area contributed by atoms with Crippen LogP contribution in [0.5, 0.6) is 0 Å². The number of pyridine rings is 1. The predicted molar refractivity (Wildman–Crippen MR) is 94.3 cm³/mol. The van der Waals surface area contributed by atoms with Gasteiger partial charge in [-0.25, -0.2) is 0 Å². The van der Waals surface area contributed by atoms with Gasteiger partial charge in [0.1, 0.15) is 0 Å². The third kappa shape index (κ3) is 3.79. The van der Waals surface area contributed by atoms with Crippen molar-refractivity contribution in [3.8, 4) is 0 Å². The highest BCUT2D eigenvalue weighted by molar-refractivity contribution is 9.10. The van der Waals surface area contributed by atoms with Crippen molar-refractivity contribution >= 4 is 21.8 Å². The maximum absolute atomic E-state index is 12.5. The molecule has 0 N–H and O–H groups in total. The molecule has 0 saturated carbocycles. The number of rotatable bonds is 3. The zero-order chi connectivity index (χ0) is 16.2. The average Bonchev–Trinajstić information content (AvgIpc) is 2.61. The Hall–Kier alpha value is -1.72. The molecular weight excluding hydrogens is 354 g/mol. The molecule has 1 aromatic heterocycles. The summed E-state index contributed by atoms with van der Waals surface area (Å²) in [5, 5.41) is 0. The predicted octanol–water partition coefficient (Wildman–Crippen LogP) is 3.36. The van der Waals surface area contributed by atoms with E-state index in [1.165, 1.54) is 5.56 Å². The van der Waals surface area contributed by atoms with Crippen LogP contribution in [0.1, 0.15) is 28.9 Å². The van der Waals surface area contributed by atoms with Gasteiger partial charge in [-0.1, -0.05) is 30.3 Å². The lowest BCUT2D eigenvalue weighted by molar-refractivity contribution is 0.0581. The normalized spacial score (nSPS) is 17.0. The molecule has 4 nitrogen and oxygen atoms in total. The molecule has 0 aliphatic carbocycles. The molecule has 1 saturated heterocycles. The van der Waals surface area contributed by atoms with E-state index in [9.17, 15) is 4.79 Å². The highest BCUT2D eigenvalue weighted by Gasteiger charge is 2.25. The molecule has 0 spiro atoms. The van der Waals surface area contributed by atoms with Crippen LogP contribution in [0.25, 0.3) is 0 Å². The topological polar surface area (TPSA) is 36.4 Å². The molecule has 23 heavy (non-hydrogen) atoms. The molecule has 0 bridgehead atoms. The summed E-state index contributed by atoms with van der Waals surface area (Å²) in [6.45, 7) is 5.52. The number of hydrogen-bond acceptors (Lipinski definition) is 3. The van der Waals surface area contributed by atoms with Gasteiger partial charge in [0.15, 0.2) is 0 Å². The summed E-state index contributed by atoms with van der Waals surface area (Å²) in [6, 6.07) is 12.7. The Kier molecular flexibility index (Phi) is 5.08.